The third kappa shape index (κ3) is 7.84. The molecule has 0 aromatic heterocycles. The Labute approximate surface area is 191 Å². The molecule has 2 aromatic carbocycles. The molecule has 176 valence electrons. The van der Waals surface area contributed by atoms with E-state index in [4.69, 9.17) is 25.4 Å². The Kier molecular flexibility index (Phi) is 9.22. The Hall–Kier alpha value is -4.08. The maximum Gasteiger partial charge on any atom is 0.325 e. The highest BCUT2D eigenvalue weighted by Gasteiger charge is 2.13. The second-order valence-corrected chi connectivity index (χ2v) is 7.03. The number of carbonyl (C=O) groups is 3. The standard InChI is InChI=1S/C23H28N4O6/c1-4-32-21(29)12-26-20(28)13-33-19-10-15(22(24)25)5-6-16(19)11-27-23(30)17-7-14(2)8-18(9-17)31-3/h5-10H,4,11-13H2,1-3H3,(H3,24,25)(H,26,28)(H,27,30). The van der Waals surface area contributed by atoms with Crippen molar-refractivity contribution >= 4 is 23.6 Å². The van der Waals surface area contributed by atoms with Gasteiger partial charge in [-0.15, -0.1) is 0 Å². The molecule has 0 aliphatic rings. The second-order valence-electron chi connectivity index (χ2n) is 7.03. The first kappa shape index (κ1) is 25.2. The Morgan fingerprint density at radius 2 is 1.82 bits per heavy atom. The first-order valence-electron chi connectivity index (χ1n) is 10.2. The molecule has 0 radical (unpaired) electrons. The topological polar surface area (TPSA) is 153 Å². The van der Waals surface area contributed by atoms with Gasteiger partial charge in [0.2, 0.25) is 0 Å². The van der Waals surface area contributed by atoms with Crippen LogP contribution in [0.2, 0.25) is 0 Å². The number of methoxy groups -OCH3 is 1. The molecular weight excluding hydrogens is 428 g/mol. The van der Waals surface area contributed by atoms with Gasteiger partial charge in [-0.05, 0) is 43.7 Å². The second kappa shape index (κ2) is 12.1. The number of benzene rings is 2. The molecule has 0 bridgehead atoms. The van der Waals surface area contributed by atoms with Crippen molar-refractivity contribution in [3.8, 4) is 11.5 Å². The highest BCUT2D eigenvalue weighted by molar-refractivity contribution is 5.96. The van der Waals surface area contributed by atoms with Crippen molar-refractivity contribution in [2.75, 3.05) is 26.9 Å². The Morgan fingerprint density at radius 3 is 2.48 bits per heavy atom. The van der Waals surface area contributed by atoms with Crippen LogP contribution in [0.5, 0.6) is 11.5 Å². The van der Waals surface area contributed by atoms with Crippen molar-refractivity contribution in [1.82, 2.24) is 10.6 Å². The molecule has 0 saturated carbocycles. The van der Waals surface area contributed by atoms with Gasteiger partial charge in [0.15, 0.2) is 6.61 Å². The molecule has 0 spiro atoms. The smallest absolute Gasteiger partial charge is 0.325 e. The van der Waals surface area contributed by atoms with Crippen LogP contribution in [0.25, 0.3) is 0 Å². The monoisotopic (exact) mass is 456 g/mol. The zero-order valence-corrected chi connectivity index (χ0v) is 18.8. The van der Waals surface area contributed by atoms with Crippen molar-refractivity contribution in [1.29, 1.82) is 5.41 Å². The van der Waals surface area contributed by atoms with Gasteiger partial charge >= 0.3 is 5.97 Å². The summed E-state index contributed by atoms with van der Waals surface area (Å²) >= 11 is 0. The number of carbonyl (C=O) groups excluding carboxylic acids is 3. The predicted molar refractivity (Wildman–Crippen MR) is 121 cm³/mol. The van der Waals surface area contributed by atoms with Crippen LogP contribution in [0.3, 0.4) is 0 Å². The molecule has 2 aromatic rings. The van der Waals surface area contributed by atoms with Crippen LogP contribution in [0.15, 0.2) is 36.4 Å². The van der Waals surface area contributed by atoms with E-state index < -0.39 is 11.9 Å². The lowest BCUT2D eigenvalue weighted by atomic mass is 10.1. The molecule has 33 heavy (non-hydrogen) atoms. The molecule has 10 nitrogen and oxygen atoms in total. The summed E-state index contributed by atoms with van der Waals surface area (Å²) in [6, 6.07) is 9.97. The third-order valence-electron chi connectivity index (χ3n) is 4.46. The Balaban J connectivity index is 2.08. The van der Waals surface area contributed by atoms with Crippen LogP contribution < -0.4 is 25.8 Å². The highest BCUT2D eigenvalue weighted by atomic mass is 16.5. The molecule has 0 fully saturated rings. The minimum atomic E-state index is -0.555. The summed E-state index contributed by atoms with van der Waals surface area (Å²) in [4.78, 5) is 36.0. The van der Waals surface area contributed by atoms with Crippen LogP contribution in [0, 0.1) is 12.3 Å². The average molecular weight is 456 g/mol. The summed E-state index contributed by atoms with van der Waals surface area (Å²) < 4.78 is 15.5. The first-order valence-corrected chi connectivity index (χ1v) is 10.2. The van der Waals surface area contributed by atoms with E-state index in [1.807, 2.05) is 13.0 Å². The number of ether oxygens (including phenoxy) is 3. The summed E-state index contributed by atoms with van der Waals surface area (Å²) in [5.41, 5.74) is 7.84. The SMILES string of the molecule is CCOC(=O)CNC(=O)COc1cc(C(=N)N)ccc1CNC(=O)c1cc(C)cc(OC)c1. The first-order chi connectivity index (χ1) is 15.7. The third-order valence-corrected chi connectivity index (χ3v) is 4.46. The van der Waals surface area contributed by atoms with E-state index >= 15 is 0 Å². The quantitative estimate of drug-likeness (QED) is 0.226. The largest absolute Gasteiger partial charge is 0.497 e. The molecule has 0 aliphatic heterocycles. The van der Waals surface area contributed by atoms with Crippen molar-refractivity contribution < 1.29 is 28.6 Å². The molecule has 2 amide bonds. The number of amidine groups is 1. The number of nitrogens with one attached hydrogen (secondary N) is 3. The lowest BCUT2D eigenvalue weighted by molar-refractivity contribution is -0.143. The van der Waals surface area contributed by atoms with Gasteiger partial charge in [0.05, 0.1) is 13.7 Å². The number of nitrogens with two attached hydrogens (primary N) is 1. The number of rotatable bonds is 11. The van der Waals surface area contributed by atoms with Gasteiger partial charge in [0.25, 0.3) is 11.8 Å². The van der Waals surface area contributed by atoms with Crippen molar-refractivity contribution in [3.63, 3.8) is 0 Å². The van der Waals surface area contributed by atoms with Crippen molar-refractivity contribution in [2.24, 2.45) is 5.73 Å². The summed E-state index contributed by atoms with van der Waals surface area (Å²) in [6.45, 7) is 3.20. The van der Waals surface area contributed by atoms with Crippen LogP contribution in [-0.2, 0) is 20.9 Å². The zero-order chi connectivity index (χ0) is 24.4. The van der Waals surface area contributed by atoms with E-state index in [1.165, 1.54) is 13.2 Å². The minimum absolute atomic E-state index is 0.104. The van der Waals surface area contributed by atoms with Crippen LogP contribution >= 0.6 is 0 Å². The number of hydrogen-bond donors (Lipinski definition) is 4. The number of nitrogen functional groups attached to an aromatic ring is 1. The minimum Gasteiger partial charge on any atom is -0.497 e. The molecular formula is C23H28N4O6. The van der Waals surface area contributed by atoms with E-state index in [2.05, 4.69) is 10.6 Å². The summed E-state index contributed by atoms with van der Waals surface area (Å²) in [7, 11) is 1.53. The van der Waals surface area contributed by atoms with E-state index in [-0.39, 0.29) is 43.8 Å². The fourth-order valence-electron chi connectivity index (χ4n) is 2.85. The summed E-state index contributed by atoms with van der Waals surface area (Å²) in [5, 5.41) is 12.8. The fraction of sp³-hybridized carbons (Fsp3) is 0.304. The number of hydrogen-bond acceptors (Lipinski definition) is 7. The van der Waals surface area contributed by atoms with Gasteiger partial charge in [-0.25, -0.2) is 0 Å². The van der Waals surface area contributed by atoms with Crippen LogP contribution in [0.4, 0.5) is 0 Å². The van der Waals surface area contributed by atoms with Gasteiger partial charge in [-0.3, -0.25) is 19.8 Å². The van der Waals surface area contributed by atoms with Crippen molar-refractivity contribution in [2.45, 2.75) is 20.4 Å². The highest BCUT2D eigenvalue weighted by Crippen LogP contribution is 2.21. The Morgan fingerprint density at radius 1 is 1.06 bits per heavy atom. The molecule has 5 N–H and O–H groups in total. The zero-order valence-electron chi connectivity index (χ0n) is 18.8. The van der Waals surface area contributed by atoms with E-state index in [1.54, 1.807) is 31.2 Å². The van der Waals surface area contributed by atoms with Gasteiger partial charge in [-0.1, -0.05) is 12.1 Å². The number of esters is 1. The van der Waals surface area contributed by atoms with E-state index in [9.17, 15) is 14.4 Å². The van der Waals surface area contributed by atoms with Crippen molar-refractivity contribution in [3.05, 3.63) is 58.7 Å². The van der Waals surface area contributed by atoms with Gasteiger partial charge in [-0.2, -0.15) is 0 Å². The van der Waals surface area contributed by atoms with Gasteiger partial charge < -0.3 is 30.6 Å². The maximum atomic E-state index is 12.6. The van der Waals surface area contributed by atoms with Gasteiger partial charge in [0, 0.05) is 23.2 Å². The summed E-state index contributed by atoms with van der Waals surface area (Å²) in [6.07, 6.45) is 0. The molecule has 0 saturated heterocycles. The average Bonchev–Trinajstić information content (AvgIpc) is 2.79. The molecule has 10 heteroatoms. The van der Waals surface area contributed by atoms with E-state index in [0.717, 1.165) is 5.56 Å². The lowest BCUT2D eigenvalue weighted by Gasteiger charge is -2.14. The fourth-order valence-corrected chi connectivity index (χ4v) is 2.85. The molecule has 0 unspecified atom stereocenters. The molecule has 0 atom stereocenters. The lowest BCUT2D eigenvalue weighted by Crippen LogP contribution is -2.34. The van der Waals surface area contributed by atoms with E-state index in [0.29, 0.717) is 22.4 Å². The Bertz CT molecular complexity index is 1040. The van der Waals surface area contributed by atoms with Crippen LogP contribution in [0.1, 0.15) is 34.0 Å². The van der Waals surface area contributed by atoms with Crippen LogP contribution in [-0.4, -0.2) is 50.5 Å². The van der Waals surface area contributed by atoms with Gasteiger partial charge in [0.1, 0.15) is 23.9 Å². The molecule has 2 rings (SSSR count). The molecule has 0 heterocycles. The predicted octanol–water partition coefficient (Wildman–Crippen LogP) is 1.28. The maximum absolute atomic E-state index is 12.6. The normalized spacial score (nSPS) is 10.2. The molecule has 0 aliphatic carbocycles. The number of aryl methyl sites for hydroxylation is 1. The summed E-state index contributed by atoms with van der Waals surface area (Å²) in [5.74, 6) is -0.724. The number of amides is 2.